The summed E-state index contributed by atoms with van der Waals surface area (Å²) in [6, 6.07) is 11.1. The molecular formula is C13H13ClN2O. The van der Waals surface area contributed by atoms with Crippen molar-refractivity contribution in [3.63, 3.8) is 0 Å². The average molecular weight is 249 g/mol. The van der Waals surface area contributed by atoms with Crippen molar-refractivity contribution >= 4 is 17.3 Å². The Morgan fingerprint density at radius 1 is 1.24 bits per heavy atom. The number of nitrogens with two attached hydrogens (primary N) is 1. The highest BCUT2D eigenvalue weighted by molar-refractivity contribution is 6.33. The number of hydrogen-bond donors (Lipinski definition) is 1. The fourth-order valence-corrected chi connectivity index (χ4v) is 1.59. The van der Waals surface area contributed by atoms with E-state index in [2.05, 4.69) is 4.98 Å². The zero-order chi connectivity index (χ0) is 12.1. The third kappa shape index (κ3) is 3.36. The molecule has 0 spiro atoms. The van der Waals surface area contributed by atoms with Crippen molar-refractivity contribution in [1.29, 1.82) is 0 Å². The highest BCUT2D eigenvalue weighted by Crippen LogP contribution is 2.24. The van der Waals surface area contributed by atoms with Gasteiger partial charge >= 0.3 is 0 Å². The van der Waals surface area contributed by atoms with E-state index in [9.17, 15) is 0 Å². The number of benzene rings is 1. The third-order valence-corrected chi connectivity index (χ3v) is 2.65. The predicted molar refractivity (Wildman–Crippen MR) is 69.3 cm³/mol. The number of ether oxygens (including phenoxy) is 1. The molecular weight excluding hydrogens is 236 g/mol. The fourth-order valence-electron chi connectivity index (χ4n) is 1.42. The van der Waals surface area contributed by atoms with Gasteiger partial charge in [0.25, 0.3) is 0 Å². The van der Waals surface area contributed by atoms with Gasteiger partial charge in [-0.05, 0) is 24.3 Å². The summed E-state index contributed by atoms with van der Waals surface area (Å²) in [4.78, 5) is 4.22. The van der Waals surface area contributed by atoms with Crippen molar-refractivity contribution in [2.24, 2.45) is 0 Å². The Bertz CT molecular complexity index is 488. The van der Waals surface area contributed by atoms with Gasteiger partial charge in [0, 0.05) is 24.4 Å². The van der Waals surface area contributed by atoms with E-state index in [0.29, 0.717) is 17.3 Å². The molecule has 1 aromatic heterocycles. The summed E-state index contributed by atoms with van der Waals surface area (Å²) in [5.74, 6) is 0.722. The molecule has 0 fully saturated rings. The molecule has 88 valence electrons. The zero-order valence-electron chi connectivity index (χ0n) is 9.27. The number of halogens is 1. The fraction of sp³-hybridized carbons (Fsp3) is 0.154. The molecule has 0 atom stereocenters. The molecule has 1 heterocycles. The van der Waals surface area contributed by atoms with Crippen LogP contribution in [0.25, 0.3) is 0 Å². The first-order valence-electron chi connectivity index (χ1n) is 5.33. The van der Waals surface area contributed by atoms with Gasteiger partial charge in [0.05, 0.1) is 17.3 Å². The van der Waals surface area contributed by atoms with Crippen molar-refractivity contribution in [3.05, 3.63) is 53.3 Å². The van der Waals surface area contributed by atoms with Gasteiger partial charge in [-0.25, -0.2) is 0 Å². The van der Waals surface area contributed by atoms with Crippen molar-refractivity contribution in [2.75, 3.05) is 12.3 Å². The van der Waals surface area contributed by atoms with Crippen LogP contribution in [0.5, 0.6) is 5.75 Å². The minimum absolute atomic E-state index is 0.514. The molecule has 2 N–H and O–H groups in total. The van der Waals surface area contributed by atoms with Crippen molar-refractivity contribution in [1.82, 2.24) is 4.98 Å². The molecule has 3 nitrogen and oxygen atoms in total. The molecule has 1 aromatic carbocycles. The SMILES string of the molecule is Nc1ccc(OCCc2ccccn2)cc1Cl. The van der Waals surface area contributed by atoms with Gasteiger partial charge in [0.2, 0.25) is 0 Å². The maximum absolute atomic E-state index is 5.89. The number of anilines is 1. The maximum atomic E-state index is 5.89. The van der Waals surface area contributed by atoms with Gasteiger partial charge in [-0.3, -0.25) is 4.98 Å². The van der Waals surface area contributed by atoms with Crippen LogP contribution in [-0.4, -0.2) is 11.6 Å². The lowest BCUT2D eigenvalue weighted by Crippen LogP contribution is -2.02. The van der Waals surface area contributed by atoms with Gasteiger partial charge < -0.3 is 10.5 Å². The summed E-state index contributed by atoms with van der Waals surface area (Å²) >= 11 is 5.89. The first kappa shape index (κ1) is 11.7. The van der Waals surface area contributed by atoms with Crippen molar-refractivity contribution in [2.45, 2.75) is 6.42 Å². The molecule has 0 bridgehead atoms. The van der Waals surface area contributed by atoms with Crippen LogP contribution >= 0.6 is 11.6 Å². The molecule has 0 saturated carbocycles. The zero-order valence-corrected chi connectivity index (χ0v) is 10.0. The van der Waals surface area contributed by atoms with E-state index in [1.807, 2.05) is 18.2 Å². The van der Waals surface area contributed by atoms with Crippen LogP contribution in [0.2, 0.25) is 5.02 Å². The molecule has 0 aliphatic carbocycles. The summed E-state index contributed by atoms with van der Waals surface area (Å²) in [6.45, 7) is 0.567. The first-order chi connectivity index (χ1) is 8.25. The number of nitrogen functional groups attached to an aromatic ring is 1. The molecule has 2 aromatic rings. The Morgan fingerprint density at radius 3 is 2.82 bits per heavy atom. The van der Waals surface area contributed by atoms with Crippen molar-refractivity contribution in [3.8, 4) is 5.75 Å². The van der Waals surface area contributed by atoms with Gasteiger partial charge in [0.1, 0.15) is 5.75 Å². The first-order valence-corrected chi connectivity index (χ1v) is 5.71. The Hall–Kier alpha value is -1.74. The third-order valence-electron chi connectivity index (χ3n) is 2.32. The highest BCUT2D eigenvalue weighted by atomic mass is 35.5. The summed E-state index contributed by atoms with van der Waals surface area (Å²) in [5.41, 5.74) is 7.18. The summed E-state index contributed by atoms with van der Waals surface area (Å²) in [7, 11) is 0. The molecule has 17 heavy (non-hydrogen) atoms. The van der Waals surface area contributed by atoms with Crippen LogP contribution in [0.3, 0.4) is 0 Å². The maximum Gasteiger partial charge on any atom is 0.120 e. The van der Waals surface area contributed by atoms with E-state index in [-0.39, 0.29) is 0 Å². The van der Waals surface area contributed by atoms with Gasteiger partial charge in [-0.2, -0.15) is 0 Å². The Balaban J connectivity index is 1.88. The number of rotatable bonds is 4. The lowest BCUT2D eigenvalue weighted by molar-refractivity contribution is 0.320. The number of aromatic nitrogens is 1. The lowest BCUT2D eigenvalue weighted by atomic mass is 10.3. The number of pyridine rings is 1. The average Bonchev–Trinajstić information content (AvgIpc) is 2.35. The minimum Gasteiger partial charge on any atom is -0.493 e. The number of nitrogens with zero attached hydrogens (tertiary/aromatic N) is 1. The number of hydrogen-bond acceptors (Lipinski definition) is 3. The van der Waals surface area contributed by atoms with Crippen molar-refractivity contribution < 1.29 is 4.74 Å². The smallest absolute Gasteiger partial charge is 0.120 e. The molecule has 4 heteroatoms. The molecule has 0 saturated heterocycles. The molecule has 2 rings (SSSR count). The quantitative estimate of drug-likeness (QED) is 0.847. The second kappa shape index (κ2) is 5.55. The normalized spacial score (nSPS) is 10.2. The Morgan fingerprint density at radius 2 is 2.12 bits per heavy atom. The van der Waals surface area contributed by atoms with Crippen LogP contribution in [0.15, 0.2) is 42.6 Å². The van der Waals surface area contributed by atoms with Gasteiger partial charge in [-0.1, -0.05) is 17.7 Å². The van der Waals surface area contributed by atoms with E-state index >= 15 is 0 Å². The molecule has 0 unspecified atom stereocenters. The standard InChI is InChI=1S/C13H13ClN2O/c14-12-9-11(4-5-13(12)15)17-8-6-10-3-1-2-7-16-10/h1-5,7,9H,6,8,15H2. The summed E-state index contributed by atoms with van der Waals surface area (Å²) in [5, 5.41) is 0.514. The van der Waals surface area contributed by atoms with E-state index in [4.69, 9.17) is 22.1 Å². The molecule has 0 aliphatic rings. The van der Waals surface area contributed by atoms with Crippen LogP contribution in [0.1, 0.15) is 5.69 Å². The van der Waals surface area contributed by atoms with Crippen LogP contribution in [0.4, 0.5) is 5.69 Å². The van der Waals surface area contributed by atoms with Gasteiger partial charge in [-0.15, -0.1) is 0 Å². The van der Waals surface area contributed by atoms with E-state index in [1.54, 1.807) is 24.4 Å². The van der Waals surface area contributed by atoms with E-state index < -0.39 is 0 Å². The lowest BCUT2D eigenvalue weighted by Gasteiger charge is -2.07. The molecule has 0 aliphatic heterocycles. The largest absolute Gasteiger partial charge is 0.493 e. The minimum atomic E-state index is 0.514. The van der Waals surface area contributed by atoms with Gasteiger partial charge in [0.15, 0.2) is 0 Å². The highest BCUT2D eigenvalue weighted by Gasteiger charge is 2.00. The monoisotopic (exact) mass is 248 g/mol. The Kier molecular flexibility index (Phi) is 3.83. The van der Waals surface area contributed by atoms with Crippen LogP contribution in [-0.2, 0) is 6.42 Å². The van der Waals surface area contributed by atoms with E-state index in [0.717, 1.165) is 17.9 Å². The molecule has 0 amide bonds. The molecule has 0 radical (unpaired) electrons. The summed E-state index contributed by atoms with van der Waals surface area (Å²) < 4.78 is 5.57. The second-order valence-electron chi connectivity index (χ2n) is 3.60. The second-order valence-corrected chi connectivity index (χ2v) is 4.01. The summed E-state index contributed by atoms with van der Waals surface area (Å²) in [6.07, 6.45) is 2.54. The van der Waals surface area contributed by atoms with Crippen LogP contribution < -0.4 is 10.5 Å². The van der Waals surface area contributed by atoms with E-state index in [1.165, 1.54) is 0 Å². The topological polar surface area (TPSA) is 48.1 Å². The Labute approximate surface area is 105 Å². The van der Waals surface area contributed by atoms with Crippen LogP contribution in [0, 0.1) is 0 Å². The predicted octanol–water partition coefficient (Wildman–Crippen LogP) is 2.94.